The Morgan fingerprint density at radius 1 is 1.56 bits per heavy atom. The number of aromatic nitrogens is 1. The van der Waals surface area contributed by atoms with E-state index in [9.17, 15) is 13.6 Å². The molecule has 0 spiro atoms. The van der Waals surface area contributed by atoms with Crippen molar-refractivity contribution in [1.29, 1.82) is 0 Å². The molecule has 5 nitrogen and oxygen atoms in total. The van der Waals surface area contributed by atoms with Crippen molar-refractivity contribution in [2.24, 2.45) is 5.73 Å². The van der Waals surface area contributed by atoms with Crippen LogP contribution in [0.25, 0.3) is 0 Å². The molecule has 1 rings (SSSR count). The highest BCUT2D eigenvalue weighted by Crippen LogP contribution is 2.06. The largest absolute Gasteiger partial charge is 0.385 e. The molecule has 4 N–H and O–H groups in total. The van der Waals surface area contributed by atoms with Crippen LogP contribution in [0.15, 0.2) is 18.3 Å². The first-order valence-electron chi connectivity index (χ1n) is 4.46. The van der Waals surface area contributed by atoms with E-state index in [-0.39, 0.29) is 17.9 Å². The number of nitrogens with one attached hydrogen (secondary N) is 1. The first kappa shape index (κ1) is 12.3. The number of aliphatic hydroxyl groups is 1. The van der Waals surface area contributed by atoms with E-state index in [2.05, 4.69) is 10.3 Å². The Morgan fingerprint density at radius 2 is 2.25 bits per heavy atom. The van der Waals surface area contributed by atoms with E-state index < -0.39 is 18.4 Å². The second-order valence-corrected chi connectivity index (χ2v) is 3.08. The van der Waals surface area contributed by atoms with Crippen LogP contribution in [0.4, 0.5) is 14.6 Å². The highest BCUT2D eigenvalue weighted by Gasteiger charge is 2.16. The van der Waals surface area contributed by atoms with Gasteiger partial charge in [0.2, 0.25) is 5.91 Å². The summed E-state index contributed by atoms with van der Waals surface area (Å²) in [5.74, 6) is -0.337. The van der Waals surface area contributed by atoms with Crippen molar-refractivity contribution in [3.05, 3.63) is 23.9 Å². The molecule has 1 aromatic rings. The molecule has 1 amide bonds. The third kappa shape index (κ3) is 3.43. The van der Waals surface area contributed by atoms with E-state index in [0.29, 0.717) is 0 Å². The molecule has 1 unspecified atom stereocenters. The van der Waals surface area contributed by atoms with E-state index in [4.69, 9.17) is 10.8 Å². The lowest BCUT2D eigenvalue weighted by Gasteiger charge is -2.10. The number of carbonyl (C=O) groups is 1. The van der Waals surface area contributed by atoms with Crippen LogP contribution in [0.5, 0.6) is 0 Å². The van der Waals surface area contributed by atoms with Crippen LogP contribution in [0.1, 0.15) is 10.4 Å². The smallest absolute Gasteiger partial charge is 0.265 e. The van der Waals surface area contributed by atoms with Crippen molar-refractivity contribution in [1.82, 2.24) is 4.98 Å². The van der Waals surface area contributed by atoms with Crippen LogP contribution in [0.2, 0.25) is 0 Å². The maximum absolute atomic E-state index is 11.9. The summed E-state index contributed by atoms with van der Waals surface area (Å²) < 4.78 is 23.9. The molecule has 0 saturated carbocycles. The Kier molecular flexibility index (Phi) is 4.12. The molecular formula is C9H11F2N3O2. The van der Waals surface area contributed by atoms with Gasteiger partial charge in [-0.1, -0.05) is 0 Å². The molecule has 0 bridgehead atoms. The second-order valence-electron chi connectivity index (χ2n) is 3.08. The first-order valence-corrected chi connectivity index (χ1v) is 4.46. The zero-order chi connectivity index (χ0) is 12.1. The topological polar surface area (TPSA) is 88.2 Å². The average molecular weight is 231 g/mol. The summed E-state index contributed by atoms with van der Waals surface area (Å²) in [5, 5.41) is 11.3. The summed E-state index contributed by atoms with van der Waals surface area (Å²) in [5.41, 5.74) is 5.21. The number of primary amides is 1. The van der Waals surface area contributed by atoms with E-state index in [1.807, 2.05) is 0 Å². The van der Waals surface area contributed by atoms with Gasteiger partial charge in [0.15, 0.2) is 0 Å². The van der Waals surface area contributed by atoms with Crippen molar-refractivity contribution >= 4 is 11.7 Å². The van der Waals surface area contributed by atoms with Crippen LogP contribution in [0.3, 0.4) is 0 Å². The third-order valence-corrected chi connectivity index (χ3v) is 1.83. The van der Waals surface area contributed by atoms with Gasteiger partial charge in [-0.15, -0.1) is 0 Å². The molecule has 0 saturated heterocycles. The van der Waals surface area contributed by atoms with Gasteiger partial charge in [-0.3, -0.25) is 4.79 Å². The van der Waals surface area contributed by atoms with Gasteiger partial charge in [-0.2, -0.15) is 0 Å². The minimum atomic E-state index is -2.81. The summed E-state index contributed by atoms with van der Waals surface area (Å²) in [6.07, 6.45) is -3.34. The first-order chi connectivity index (χ1) is 7.50. The lowest BCUT2D eigenvalue weighted by atomic mass is 10.2. The maximum Gasteiger partial charge on any atom is 0.265 e. The van der Waals surface area contributed by atoms with E-state index >= 15 is 0 Å². The minimum Gasteiger partial charge on any atom is -0.385 e. The molecule has 88 valence electrons. The number of carbonyl (C=O) groups excluding carboxylic acids is 1. The molecule has 0 aliphatic heterocycles. The Balaban J connectivity index is 2.53. The fourth-order valence-electron chi connectivity index (χ4n) is 0.942. The SMILES string of the molecule is NC(=O)c1ccc(NCC(O)C(F)F)nc1. The molecule has 0 aliphatic carbocycles. The van der Waals surface area contributed by atoms with Gasteiger partial charge in [0.25, 0.3) is 6.43 Å². The summed E-state index contributed by atoms with van der Waals surface area (Å²) in [4.78, 5) is 14.5. The number of rotatable bonds is 5. The van der Waals surface area contributed by atoms with Crippen molar-refractivity contribution in [2.45, 2.75) is 12.5 Å². The molecule has 0 aromatic carbocycles. The zero-order valence-electron chi connectivity index (χ0n) is 8.23. The van der Waals surface area contributed by atoms with Gasteiger partial charge in [0.1, 0.15) is 11.9 Å². The van der Waals surface area contributed by atoms with Gasteiger partial charge in [-0.25, -0.2) is 13.8 Å². The van der Waals surface area contributed by atoms with Crippen molar-refractivity contribution < 1.29 is 18.7 Å². The average Bonchev–Trinajstić information content (AvgIpc) is 2.26. The summed E-state index contributed by atoms with van der Waals surface area (Å²) in [6.45, 7) is -0.319. The van der Waals surface area contributed by atoms with Gasteiger partial charge in [0.05, 0.1) is 5.56 Å². The number of nitrogens with two attached hydrogens (primary N) is 1. The maximum atomic E-state index is 11.9. The second kappa shape index (κ2) is 5.36. The number of aliphatic hydroxyl groups excluding tert-OH is 1. The summed E-state index contributed by atoms with van der Waals surface area (Å²) in [6, 6.07) is 2.82. The number of hydrogen-bond donors (Lipinski definition) is 3. The number of hydrogen-bond acceptors (Lipinski definition) is 4. The quantitative estimate of drug-likeness (QED) is 0.676. The monoisotopic (exact) mass is 231 g/mol. The van der Waals surface area contributed by atoms with Gasteiger partial charge < -0.3 is 16.2 Å². The van der Waals surface area contributed by atoms with Gasteiger partial charge in [0, 0.05) is 12.7 Å². The third-order valence-electron chi connectivity index (χ3n) is 1.83. The van der Waals surface area contributed by atoms with Crippen molar-refractivity contribution in [3.8, 4) is 0 Å². The molecule has 0 aliphatic rings. The molecular weight excluding hydrogens is 220 g/mol. The van der Waals surface area contributed by atoms with Crippen LogP contribution in [0, 0.1) is 0 Å². The molecule has 1 atom stereocenters. The van der Waals surface area contributed by atoms with Crippen LogP contribution >= 0.6 is 0 Å². The number of pyridine rings is 1. The predicted molar refractivity (Wildman–Crippen MR) is 53.3 cm³/mol. The van der Waals surface area contributed by atoms with Gasteiger partial charge in [-0.05, 0) is 12.1 Å². The number of nitrogens with zero attached hydrogens (tertiary/aromatic N) is 1. The lowest BCUT2D eigenvalue weighted by molar-refractivity contribution is 0.00381. The van der Waals surface area contributed by atoms with Crippen molar-refractivity contribution in [3.63, 3.8) is 0 Å². The fourth-order valence-corrected chi connectivity index (χ4v) is 0.942. The van der Waals surface area contributed by atoms with E-state index in [1.54, 1.807) is 0 Å². The lowest BCUT2D eigenvalue weighted by Crippen LogP contribution is -2.27. The standard InChI is InChI=1S/C9H11F2N3O2/c10-8(11)6(15)4-14-7-2-1-5(3-13-7)9(12)16/h1-3,6,8,15H,4H2,(H2,12,16)(H,13,14). The van der Waals surface area contributed by atoms with E-state index in [0.717, 1.165) is 0 Å². The number of halogens is 2. The zero-order valence-corrected chi connectivity index (χ0v) is 8.23. The Bertz CT molecular complexity index is 356. The Morgan fingerprint density at radius 3 is 2.69 bits per heavy atom. The van der Waals surface area contributed by atoms with Crippen LogP contribution in [-0.2, 0) is 0 Å². The molecule has 0 radical (unpaired) electrons. The fraction of sp³-hybridized carbons (Fsp3) is 0.333. The van der Waals surface area contributed by atoms with Crippen LogP contribution < -0.4 is 11.1 Å². The highest BCUT2D eigenvalue weighted by molar-refractivity contribution is 5.92. The highest BCUT2D eigenvalue weighted by atomic mass is 19.3. The Labute approximate surface area is 90.3 Å². The van der Waals surface area contributed by atoms with Crippen LogP contribution in [-0.4, -0.2) is 35.1 Å². The predicted octanol–water partition coefficient (Wildman–Crippen LogP) is 0.218. The number of alkyl halides is 2. The Hall–Kier alpha value is -1.76. The number of anilines is 1. The summed E-state index contributed by atoms with van der Waals surface area (Å²) >= 11 is 0. The van der Waals surface area contributed by atoms with E-state index in [1.165, 1.54) is 18.3 Å². The molecule has 1 heterocycles. The molecule has 0 fully saturated rings. The minimum absolute atomic E-state index is 0.222. The van der Waals surface area contributed by atoms with Gasteiger partial charge >= 0.3 is 0 Å². The molecule has 7 heteroatoms. The normalized spacial score (nSPS) is 12.5. The number of amides is 1. The molecule has 1 aromatic heterocycles. The summed E-state index contributed by atoms with van der Waals surface area (Å²) in [7, 11) is 0. The van der Waals surface area contributed by atoms with Crippen molar-refractivity contribution in [2.75, 3.05) is 11.9 Å². The molecule has 16 heavy (non-hydrogen) atoms.